The first-order valence-corrected chi connectivity index (χ1v) is 8.95. The average Bonchev–Trinajstić information content (AvgIpc) is 2.95. The Balaban J connectivity index is 2.06. The van der Waals surface area contributed by atoms with E-state index in [4.69, 9.17) is 16.3 Å². The Morgan fingerprint density at radius 3 is 2.77 bits per heavy atom. The molecule has 5 nitrogen and oxygen atoms in total. The molecule has 1 amide bonds. The first-order valence-electron chi connectivity index (χ1n) is 8.57. The molecule has 0 saturated carbocycles. The van der Waals surface area contributed by atoms with Crippen LogP contribution in [0, 0.1) is 13.8 Å². The van der Waals surface area contributed by atoms with Crippen LogP contribution in [0.4, 0.5) is 5.69 Å². The van der Waals surface area contributed by atoms with Crippen molar-refractivity contribution in [2.75, 3.05) is 12.4 Å². The summed E-state index contributed by atoms with van der Waals surface area (Å²) < 4.78 is 7.21. The highest BCUT2D eigenvalue weighted by atomic mass is 35.5. The van der Waals surface area contributed by atoms with E-state index in [1.807, 2.05) is 42.6 Å². The number of methoxy groups -OCH3 is 1. The van der Waals surface area contributed by atoms with E-state index in [9.17, 15) is 4.79 Å². The van der Waals surface area contributed by atoms with Crippen LogP contribution in [0.15, 0.2) is 30.5 Å². The van der Waals surface area contributed by atoms with Crippen LogP contribution >= 0.6 is 11.6 Å². The van der Waals surface area contributed by atoms with Gasteiger partial charge in [-0.05, 0) is 43.5 Å². The van der Waals surface area contributed by atoms with E-state index >= 15 is 0 Å². The fraction of sp³-hybridized carbons (Fsp3) is 0.300. The van der Waals surface area contributed by atoms with Crippen molar-refractivity contribution in [2.45, 2.75) is 33.6 Å². The van der Waals surface area contributed by atoms with E-state index in [-0.39, 0.29) is 5.91 Å². The van der Waals surface area contributed by atoms with Gasteiger partial charge in [0.05, 0.1) is 18.5 Å². The topological polar surface area (TPSA) is 55.6 Å². The normalized spacial score (nSPS) is 11.0. The molecule has 136 valence electrons. The molecule has 1 aromatic carbocycles. The molecule has 0 fully saturated rings. The molecule has 3 aromatic rings. The molecule has 0 aliphatic carbocycles. The number of carbonyl (C=O) groups is 1. The highest BCUT2D eigenvalue weighted by Crippen LogP contribution is 2.31. The highest BCUT2D eigenvalue weighted by Gasteiger charge is 2.20. The predicted octanol–water partition coefficient (Wildman–Crippen LogP) is 4.82. The number of carbonyl (C=O) groups excluding carboxylic acids is 1. The monoisotopic (exact) mass is 371 g/mol. The van der Waals surface area contributed by atoms with Gasteiger partial charge in [-0.15, -0.1) is 0 Å². The lowest BCUT2D eigenvalue weighted by molar-refractivity contribution is 0.102. The molecule has 26 heavy (non-hydrogen) atoms. The summed E-state index contributed by atoms with van der Waals surface area (Å²) in [4.78, 5) is 17.7. The number of rotatable bonds is 5. The smallest absolute Gasteiger partial charge is 0.274 e. The van der Waals surface area contributed by atoms with Crippen molar-refractivity contribution in [3.05, 3.63) is 58.0 Å². The maximum atomic E-state index is 13.1. The molecule has 2 aromatic heterocycles. The maximum absolute atomic E-state index is 13.1. The second-order valence-electron chi connectivity index (χ2n) is 6.35. The van der Waals surface area contributed by atoms with E-state index in [1.165, 1.54) is 0 Å². The summed E-state index contributed by atoms with van der Waals surface area (Å²) in [7, 11) is 1.55. The number of imidazole rings is 1. The Morgan fingerprint density at radius 2 is 2.08 bits per heavy atom. The summed E-state index contributed by atoms with van der Waals surface area (Å²) in [6, 6.07) is 7.44. The van der Waals surface area contributed by atoms with E-state index in [2.05, 4.69) is 17.2 Å². The number of fused-ring (bicyclic) bond motifs is 1. The van der Waals surface area contributed by atoms with Crippen molar-refractivity contribution in [3.8, 4) is 5.75 Å². The molecule has 0 spiro atoms. The Bertz CT molecular complexity index is 979. The molecular formula is C20H22ClN3O2. The number of hydrogen-bond donors (Lipinski definition) is 1. The van der Waals surface area contributed by atoms with Crippen LogP contribution in [0.2, 0.25) is 5.02 Å². The lowest BCUT2D eigenvalue weighted by Gasteiger charge is -2.13. The summed E-state index contributed by atoms with van der Waals surface area (Å²) in [6.45, 7) is 5.95. The zero-order chi connectivity index (χ0) is 18.8. The van der Waals surface area contributed by atoms with E-state index in [0.29, 0.717) is 22.2 Å². The number of aryl methyl sites for hydroxylation is 3. The maximum Gasteiger partial charge on any atom is 0.274 e. The van der Waals surface area contributed by atoms with Gasteiger partial charge in [-0.25, -0.2) is 4.98 Å². The summed E-state index contributed by atoms with van der Waals surface area (Å²) in [6.07, 6.45) is 3.58. The van der Waals surface area contributed by atoms with Gasteiger partial charge in [-0.2, -0.15) is 0 Å². The van der Waals surface area contributed by atoms with Crippen molar-refractivity contribution in [3.63, 3.8) is 0 Å². The molecule has 6 heteroatoms. The van der Waals surface area contributed by atoms with Crippen molar-refractivity contribution in [2.24, 2.45) is 0 Å². The lowest BCUT2D eigenvalue weighted by atomic mass is 10.1. The molecule has 3 rings (SSSR count). The van der Waals surface area contributed by atoms with Crippen molar-refractivity contribution < 1.29 is 9.53 Å². The van der Waals surface area contributed by atoms with Crippen LogP contribution in [0.3, 0.4) is 0 Å². The molecule has 0 aliphatic rings. The number of nitrogens with one attached hydrogen (secondary N) is 1. The predicted molar refractivity (Wildman–Crippen MR) is 105 cm³/mol. The van der Waals surface area contributed by atoms with Crippen molar-refractivity contribution in [1.82, 2.24) is 9.38 Å². The van der Waals surface area contributed by atoms with Crippen LogP contribution in [-0.2, 0) is 6.42 Å². The Labute approximate surface area is 158 Å². The molecule has 0 bridgehead atoms. The standard InChI is InChI=1S/C20H22ClN3O2/c1-5-6-15-19(24-11-12(2)7-8-18(24)22-15)20(25)23-16-9-13(3)14(21)10-17(16)26-4/h7-11H,5-6H2,1-4H3,(H,23,25). The fourth-order valence-corrected chi connectivity index (χ4v) is 3.12. The van der Waals surface area contributed by atoms with Gasteiger partial charge in [-0.3, -0.25) is 9.20 Å². The number of halogens is 1. The minimum Gasteiger partial charge on any atom is -0.495 e. The molecule has 0 atom stereocenters. The minimum atomic E-state index is -0.216. The second kappa shape index (κ2) is 7.38. The molecule has 1 N–H and O–H groups in total. The third-order valence-electron chi connectivity index (χ3n) is 4.27. The SMILES string of the molecule is CCCc1nc2ccc(C)cn2c1C(=O)Nc1cc(C)c(Cl)cc1OC. The van der Waals surface area contributed by atoms with Gasteiger partial charge < -0.3 is 10.1 Å². The number of hydrogen-bond acceptors (Lipinski definition) is 3. The van der Waals surface area contributed by atoms with Crippen molar-refractivity contribution >= 4 is 28.8 Å². The van der Waals surface area contributed by atoms with Gasteiger partial charge in [-0.1, -0.05) is 31.0 Å². The summed E-state index contributed by atoms with van der Waals surface area (Å²) >= 11 is 6.16. The lowest BCUT2D eigenvalue weighted by Crippen LogP contribution is -2.17. The van der Waals surface area contributed by atoms with Crippen LogP contribution in [0.5, 0.6) is 5.75 Å². The first kappa shape index (κ1) is 18.3. The molecule has 0 radical (unpaired) electrons. The van der Waals surface area contributed by atoms with E-state index in [1.54, 1.807) is 13.2 Å². The first-order chi connectivity index (χ1) is 12.4. The van der Waals surface area contributed by atoms with Crippen LogP contribution in [0.25, 0.3) is 5.65 Å². The minimum absolute atomic E-state index is 0.216. The number of benzene rings is 1. The Hall–Kier alpha value is -2.53. The number of amides is 1. The molecule has 0 unspecified atom stereocenters. The summed E-state index contributed by atoms with van der Waals surface area (Å²) in [5, 5.41) is 3.55. The highest BCUT2D eigenvalue weighted by molar-refractivity contribution is 6.31. The third kappa shape index (κ3) is 3.40. The Morgan fingerprint density at radius 1 is 1.31 bits per heavy atom. The summed E-state index contributed by atoms with van der Waals surface area (Å²) in [5.41, 5.74) is 4.63. The number of nitrogens with zero attached hydrogens (tertiary/aromatic N) is 2. The van der Waals surface area contributed by atoms with Crippen molar-refractivity contribution in [1.29, 1.82) is 0 Å². The van der Waals surface area contributed by atoms with Gasteiger partial charge in [0.25, 0.3) is 5.91 Å². The second-order valence-corrected chi connectivity index (χ2v) is 6.75. The number of pyridine rings is 1. The quantitative estimate of drug-likeness (QED) is 0.699. The fourth-order valence-electron chi connectivity index (χ4n) is 2.96. The van der Waals surface area contributed by atoms with Crippen LogP contribution < -0.4 is 10.1 Å². The van der Waals surface area contributed by atoms with Gasteiger partial charge in [0.1, 0.15) is 17.1 Å². The van der Waals surface area contributed by atoms with Gasteiger partial charge >= 0.3 is 0 Å². The average molecular weight is 372 g/mol. The zero-order valence-corrected chi connectivity index (χ0v) is 16.1. The van der Waals surface area contributed by atoms with E-state index in [0.717, 1.165) is 35.3 Å². The number of anilines is 1. The van der Waals surface area contributed by atoms with Gasteiger partial charge in [0.15, 0.2) is 0 Å². The molecular weight excluding hydrogens is 350 g/mol. The van der Waals surface area contributed by atoms with Crippen LogP contribution in [0.1, 0.15) is 40.7 Å². The number of aromatic nitrogens is 2. The molecule has 2 heterocycles. The molecule has 0 saturated heterocycles. The van der Waals surface area contributed by atoms with Crippen LogP contribution in [-0.4, -0.2) is 22.4 Å². The zero-order valence-electron chi connectivity index (χ0n) is 15.4. The number of ether oxygens (including phenoxy) is 1. The Kier molecular flexibility index (Phi) is 5.18. The van der Waals surface area contributed by atoms with E-state index < -0.39 is 0 Å². The van der Waals surface area contributed by atoms with Gasteiger partial charge in [0.2, 0.25) is 0 Å². The van der Waals surface area contributed by atoms with Gasteiger partial charge in [0, 0.05) is 17.3 Å². The summed E-state index contributed by atoms with van der Waals surface area (Å²) in [5.74, 6) is 0.308. The molecule has 0 aliphatic heterocycles. The third-order valence-corrected chi connectivity index (χ3v) is 4.68. The largest absolute Gasteiger partial charge is 0.495 e.